The number of anilines is 1. The van der Waals surface area contributed by atoms with Crippen molar-refractivity contribution in [3.63, 3.8) is 0 Å². The van der Waals surface area contributed by atoms with Gasteiger partial charge in [0.05, 0.1) is 0 Å². The molecule has 3 nitrogen and oxygen atoms in total. The molecule has 17 heavy (non-hydrogen) atoms. The SMILES string of the molecule is CC.CCC/C(=C\c1cnc(N)cc1C)CN. The fraction of sp³-hybridized carbons (Fsp3) is 0.500. The van der Waals surface area contributed by atoms with Crippen molar-refractivity contribution in [3.8, 4) is 0 Å². The van der Waals surface area contributed by atoms with Gasteiger partial charge in [-0.1, -0.05) is 38.8 Å². The predicted octanol–water partition coefficient (Wildman–Crippen LogP) is 3.14. The molecule has 1 aromatic heterocycles. The lowest BCUT2D eigenvalue weighted by Gasteiger charge is -2.05. The molecule has 1 aromatic rings. The lowest BCUT2D eigenvalue weighted by molar-refractivity contribution is 0.881. The molecule has 0 fully saturated rings. The molecule has 0 atom stereocenters. The molecular formula is C14H25N3. The molecule has 0 unspecified atom stereocenters. The van der Waals surface area contributed by atoms with Crippen LogP contribution in [0.4, 0.5) is 5.82 Å². The molecule has 0 saturated carbocycles. The highest BCUT2D eigenvalue weighted by Crippen LogP contribution is 2.15. The fourth-order valence-corrected chi connectivity index (χ4v) is 1.51. The third-order valence-corrected chi connectivity index (χ3v) is 2.37. The summed E-state index contributed by atoms with van der Waals surface area (Å²) in [4.78, 5) is 4.08. The van der Waals surface area contributed by atoms with Gasteiger partial charge in [0.2, 0.25) is 0 Å². The standard InChI is InChI=1S/C12H19N3.C2H6/c1-3-4-10(7-13)6-11-8-15-12(14)5-9(11)2;1-2/h5-6,8H,3-4,7,13H2,1-2H3,(H2,14,15);1-2H3/b10-6+;. The molecule has 0 amide bonds. The second-order valence-corrected chi connectivity index (χ2v) is 3.72. The summed E-state index contributed by atoms with van der Waals surface area (Å²) in [6.45, 7) is 8.79. The first kappa shape index (κ1) is 15.7. The van der Waals surface area contributed by atoms with Gasteiger partial charge in [0, 0.05) is 12.7 Å². The molecule has 1 heterocycles. The van der Waals surface area contributed by atoms with E-state index in [9.17, 15) is 0 Å². The molecule has 0 aliphatic rings. The normalized spacial score (nSPS) is 10.8. The summed E-state index contributed by atoms with van der Waals surface area (Å²) in [7, 11) is 0. The van der Waals surface area contributed by atoms with Gasteiger partial charge in [-0.3, -0.25) is 0 Å². The van der Waals surface area contributed by atoms with E-state index in [0.29, 0.717) is 12.4 Å². The van der Waals surface area contributed by atoms with Crippen molar-refractivity contribution in [2.24, 2.45) is 5.73 Å². The maximum absolute atomic E-state index is 5.67. The smallest absolute Gasteiger partial charge is 0.123 e. The molecule has 0 radical (unpaired) electrons. The Morgan fingerprint density at radius 3 is 2.53 bits per heavy atom. The molecule has 4 N–H and O–H groups in total. The maximum Gasteiger partial charge on any atom is 0.123 e. The first-order valence-corrected chi connectivity index (χ1v) is 6.29. The molecule has 0 aromatic carbocycles. The van der Waals surface area contributed by atoms with Gasteiger partial charge in [0.1, 0.15) is 5.82 Å². The van der Waals surface area contributed by atoms with E-state index in [1.165, 1.54) is 5.57 Å². The van der Waals surface area contributed by atoms with Gasteiger partial charge in [-0.2, -0.15) is 0 Å². The third-order valence-electron chi connectivity index (χ3n) is 2.37. The Hall–Kier alpha value is -1.35. The van der Waals surface area contributed by atoms with Crippen LogP contribution >= 0.6 is 0 Å². The molecule has 0 saturated heterocycles. The van der Waals surface area contributed by atoms with Crippen LogP contribution in [0.3, 0.4) is 0 Å². The van der Waals surface area contributed by atoms with Crippen molar-refractivity contribution in [1.82, 2.24) is 4.98 Å². The van der Waals surface area contributed by atoms with Crippen molar-refractivity contribution in [2.45, 2.75) is 40.5 Å². The molecular weight excluding hydrogens is 210 g/mol. The van der Waals surface area contributed by atoms with Crippen LogP contribution in [0.25, 0.3) is 6.08 Å². The number of aryl methyl sites for hydroxylation is 1. The molecule has 3 heteroatoms. The molecule has 96 valence electrons. The molecule has 0 bridgehead atoms. The minimum atomic E-state index is 0.564. The van der Waals surface area contributed by atoms with Crippen LogP contribution in [-0.2, 0) is 0 Å². The maximum atomic E-state index is 5.67. The largest absolute Gasteiger partial charge is 0.384 e. The minimum Gasteiger partial charge on any atom is -0.384 e. The first-order chi connectivity index (χ1) is 8.17. The van der Waals surface area contributed by atoms with Crippen LogP contribution in [0.5, 0.6) is 0 Å². The van der Waals surface area contributed by atoms with E-state index >= 15 is 0 Å². The number of rotatable bonds is 4. The Morgan fingerprint density at radius 1 is 1.41 bits per heavy atom. The average molecular weight is 235 g/mol. The van der Waals surface area contributed by atoms with Crippen molar-refractivity contribution >= 4 is 11.9 Å². The molecule has 1 rings (SSSR count). The summed E-state index contributed by atoms with van der Waals surface area (Å²) in [6.07, 6.45) is 6.08. The summed E-state index contributed by atoms with van der Waals surface area (Å²) in [5.74, 6) is 0.564. The number of nitrogen functional groups attached to an aromatic ring is 1. The zero-order chi connectivity index (χ0) is 13.3. The highest BCUT2D eigenvalue weighted by molar-refractivity contribution is 5.57. The first-order valence-electron chi connectivity index (χ1n) is 6.29. The van der Waals surface area contributed by atoms with E-state index < -0.39 is 0 Å². The Balaban J connectivity index is 0.00000121. The quantitative estimate of drug-likeness (QED) is 0.842. The lowest BCUT2D eigenvalue weighted by Crippen LogP contribution is -2.03. The van der Waals surface area contributed by atoms with Crippen molar-refractivity contribution in [2.75, 3.05) is 12.3 Å². The number of hydrogen-bond acceptors (Lipinski definition) is 3. The zero-order valence-electron chi connectivity index (χ0n) is 11.5. The zero-order valence-corrected chi connectivity index (χ0v) is 11.5. The van der Waals surface area contributed by atoms with Gasteiger partial charge < -0.3 is 11.5 Å². The van der Waals surface area contributed by atoms with E-state index in [2.05, 4.69) is 18.0 Å². The van der Waals surface area contributed by atoms with E-state index in [1.54, 1.807) is 6.20 Å². The van der Waals surface area contributed by atoms with Crippen LogP contribution in [0.15, 0.2) is 17.8 Å². The van der Waals surface area contributed by atoms with Crippen molar-refractivity contribution < 1.29 is 0 Å². The summed E-state index contributed by atoms with van der Waals surface area (Å²) in [5, 5.41) is 0. The van der Waals surface area contributed by atoms with Gasteiger partial charge in [-0.05, 0) is 30.5 Å². The minimum absolute atomic E-state index is 0.564. The van der Waals surface area contributed by atoms with Gasteiger partial charge in [0.15, 0.2) is 0 Å². The Kier molecular flexibility index (Phi) is 8.07. The summed E-state index contributed by atoms with van der Waals surface area (Å²) >= 11 is 0. The van der Waals surface area contributed by atoms with E-state index in [-0.39, 0.29) is 0 Å². The van der Waals surface area contributed by atoms with Crippen LogP contribution in [0.1, 0.15) is 44.7 Å². The highest BCUT2D eigenvalue weighted by Gasteiger charge is 1.99. The van der Waals surface area contributed by atoms with Gasteiger partial charge in [-0.25, -0.2) is 4.98 Å². The Morgan fingerprint density at radius 2 is 2.06 bits per heavy atom. The third kappa shape index (κ3) is 5.50. The lowest BCUT2D eigenvalue weighted by atomic mass is 10.0. The second kappa shape index (κ2) is 8.76. The Labute approximate surface area is 105 Å². The van der Waals surface area contributed by atoms with E-state index in [4.69, 9.17) is 11.5 Å². The van der Waals surface area contributed by atoms with Crippen LogP contribution in [0, 0.1) is 6.92 Å². The van der Waals surface area contributed by atoms with Crippen molar-refractivity contribution in [3.05, 3.63) is 29.0 Å². The number of hydrogen-bond donors (Lipinski definition) is 2. The monoisotopic (exact) mass is 235 g/mol. The van der Waals surface area contributed by atoms with Gasteiger partial charge in [0.25, 0.3) is 0 Å². The van der Waals surface area contributed by atoms with Crippen LogP contribution in [0.2, 0.25) is 0 Å². The number of pyridine rings is 1. The number of nitrogens with two attached hydrogens (primary N) is 2. The molecule has 0 spiro atoms. The Bertz CT molecular complexity index is 356. The fourth-order valence-electron chi connectivity index (χ4n) is 1.51. The molecule has 0 aliphatic heterocycles. The summed E-state index contributed by atoms with van der Waals surface area (Å²) in [5.41, 5.74) is 14.8. The number of nitrogens with zero attached hydrogens (tertiary/aromatic N) is 1. The summed E-state index contributed by atoms with van der Waals surface area (Å²) in [6, 6.07) is 1.88. The topological polar surface area (TPSA) is 64.9 Å². The van der Waals surface area contributed by atoms with E-state index in [1.807, 2.05) is 26.8 Å². The van der Waals surface area contributed by atoms with Gasteiger partial charge >= 0.3 is 0 Å². The summed E-state index contributed by atoms with van der Waals surface area (Å²) < 4.78 is 0. The highest BCUT2D eigenvalue weighted by atomic mass is 14.8. The number of aromatic nitrogens is 1. The van der Waals surface area contributed by atoms with Crippen LogP contribution < -0.4 is 11.5 Å². The molecule has 0 aliphatic carbocycles. The second-order valence-electron chi connectivity index (χ2n) is 3.72. The van der Waals surface area contributed by atoms with Crippen LogP contribution in [-0.4, -0.2) is 11.5 Å². The predicted molar refractivity (Wildman–Crippen MR) is 76.7 cm³/mol. The van der Waals surface area contributed by atoms with Crippen molar-refractivity contribution in [1.29, 1.82) is 0 Å². The average Bonchev–Trinajstić information content (AvgIpc) is 2.34. The van der Waals surface area contributed by atoms with Gasteiger partial charge in [-0.15, -0.1) is 0 Å². The van der Waals surface area contributed by atoms with E-state index in [0.717, 1.165) is 24.0 Å².